The Morgan fingerprint density at radius 3 is 2.71 bits per heavy atom. The van der Waals surface area contributed by atoms with E-state index >= 15 is 0 Å². The Hall–Kier alpha value is -2.83. The minimum atomic E-state index is -4.13. The molecule has 1 aliphatic rings. The highest BCUT2D eigenvalue weighted by Crippen LogP contribution is 2.45. The minimum Gasteiger partial charge on any atom is -0.462 e. The average molecular weight is 497 g/mol. The van der Waals surface area contributed by atoms with Crippen LogP contribution in [0.3, 0.4) is 0 Å². The molecule has 2 aromatic rings. The number of rotatable bonds is 10. The molecule has 34 heavy (non-hydrogen) atoms. The molecule has 3 rings (SSSR count). The van der Waals surface area contributed by atoms with Gasteiger partial charge in [-0.15, -0.1) is 0 Å². The van der Waals surface area contributed by atoms with Gasteiger partial charge in [0.15, 0.2) is 0 Å². The Morgan fingerprint density at radius 1 is 1.35 bits per heavy atom. The predicted molar refractivity (Wildman–Crippen MR) is 120 cm³/mol. The molecule has 1 fully saturated rings. The fraction of sp³-hybridized carbons (Fsp3) is 0.500. The normalized spacial score (nSPS) is 22.8. The van der Waals surface area contributed by atoms with Gasteiger partial charge in [-0.05, 0) is 32.9 Å². The Bertz CT molecular complexity index is 1080. The molecule has 186 valence electrons. The number of aliphatic hydroxyl groups excluding tert-OH is 1. The quantitative estimate of drug-likeness (QED) is 0.314. The monoisotopic (exact) mass is 497 g/mol. The second-order valence-corrected chi connectivity index (χ2v) is 9.56. The van der Waals surface area contributed by atoms with Crippen molar-refractivity contribution in [3.8, 4) is 5.75 Å². The molecule has 1 unspecified atom stereocenters. The number of hydrogen-bond donors (Lipinski definition) is 3. The summed E-state index contributed by atoms with van der Waals surface area (Å²) in [5.74, 6) is -0.593. The first-order valence-electron chi connectivity index (χ1n) is 10.6. The number of anilines is 1. The van der Waals surface area contributed by atoms with Crippen LogP contribution in [0.4, 0.5) is 5.95 Å². The number of benzene rings is 1. The molecule has 0 radical (unpaired) electrons. The van der Waals surface area contributed by atoms with Crippen molar-refractivity contribution in [2.24, 2.45) is 0 Å². The molecule has 5 atom stereocenters. The third-order valence-electron chi connectivity index (χ3n) is 4.69. The maximum atomic E-state index is 13.5. The highest BCUT2D eigenvalue weighted by molar-refractivity contribution is 7.52. The van der Waals surface area contributed by atoms with E-state index in [1.165, 1.54) is 6.92 Å². The summed E-state index contributed by atoms with van der Waals surface area (Å²) in [6.07, 6.45) is -2.05. The second kappa shape index (κ2) is 11.1. The molecule has 4 N–H and O–H groups in total. The second-order valence-electron chi connectivity index (χ2n) is 7.87. The van der Waals surface area contributed by atoms with Crippen molar-refractivity contribution in [1.29, 1.82) is 0 Å². The van der Waals surface area contributed by atoms with E-state index in [-0.39, 0.29) is 30.8 Å². The van der Waals surface area contributed by atoms with Crippen LogP contribution in [0.15, 0.2) is 41.5 Å². The molecule has 0 saturated carbocycles. The number of aliphatic hydroxyl groups is 1. The average Bonchev–Trinajstić information content (AvgIpc) is 3.12. The van der Waals surface area contributed by atoms with Crippen LogP contribution in [0.2, 0.25) is 0 Å². The van der Waals surface area contributed by atoms with Crippen LogP contribution in [-0.4, -0.2) is 56.6 Å². The molecular formula is C20H28N5O8P. The molecule has 1 aliphatic heterocycles. The zero-order valence-electron chi connectivity index (χ0n) is 18.9. The number of carbonyl (C=O) groups excluding carboxylic acids is 1. The van der Waals surface area contributed by atoms with Gasteiger partial charge < -0.3 is 24.8 Å². The van der Waals surface area contributed by atoms with Crippen LogP contribution in [0.5, 0.6) is 5.75 Å². The summed E-state index contributed by atoms with van der Waals surface area (Å²) in [5, 5.41) is 13.0. The zero-order valence-corrected chi connectivity index (χ0v) is 19.8. The molecule has 14 heteroatoms. The van der Waals surface area contributed by atoms with Crippen LogP contribution in [-0.2, 0) is 23.4 Å². The SMILES string of the molecule is CC(C)OC(=O)[C@@H](C)NP(=O)(OC[C@H]1O[C@@H](n2cnc(N)nc2=O)C[C@@H]1O)Oc1ccccc1. The summed E-state index contributed by atoms with van der Waals surface area (Å²) in [6, 6.07) is 7.22. The van der Waals surface area contributed by atoms with Crippen molar-refractivity contribution in [2.45, 2.75) is 57.8 Å². The van der Waals surface area contributed by atoms with Crippen LogP contribution < -0.4 is 21.0 Å². The fourth-order valence-corrected chi connectivity index (χ4v) is 4.60. The number of aromatic nitrogens is 3. The number of esters is 1. The van der Waals surface area contributed by atoms with Gasteiger partial charge in [-0.3, -0.25) is 13.9 Å². The van der Waals surface area contributed by atoms with Crippen molar-refractivity contribution in [3.63, 3.8) is 0 Å². The van der Waals surface area contributed by atoms with Gasteiger partial charge >= 0.3 is 19.4 Å². The van der Waals surface area contributed by atoms with Gasteiger partial charge in [0.25, 0.3) is 0 Å². The van der Waals surface area contributed by atoms with E-state index in [9.17, 15) is 19.3 Å². The van der Waals surface area contributed by atoms with E-state index in [1.54, 1.807) is 44.2 Å². The molecule has 1 aromatic heterocycles. The summed E-state index contributed by atoms with van der Waals surface area (Å²) < 4.78 is 36.5. The molecule has 2 heterocycles. The highest BCUT2D eigenvalue weighted by Gasteiger charge is 2.39. The Balaban J connectivity index is 1.71. The standard InChI is InChI=1S/C20H28N5O8P/c1-12(2)31-18(27)13(3)24-34(29,33-14-7-5-4-6-8-14)30-10-16-15(26)9-17(32-16)25-11-22-19(21)23-20(25)28/h4-8,11-13,15-17,26H,9-10H2,1-3H3,(H,24,29)(H2,21,23,28)/t13-,15+,16-,17-,34?/m1/s1. The maximum absolute atomic E-state index is 13.5. The van der Waals surface area contributed by atoms with Crippen LogP contribution in [0, 0.1) is 0 Å². The van der Waals surface area contributed by atoms with Gasteiger partial charge in [0, 0.05) is 6.42 Å². The first-order valence-corrected chi connectivity index (χ1v) is 12.1. The smallest absolute Gasteiger partial charge is 0.459 e. The van der Waals surface area contributed by atoms with Gasteiger partial charge in [-0.25, -0.2) is 14.3 Å². The first kappa shape index (κ1) is 25.8. The van der Waals surface area contributed by atoms with Crippen molar-refractivity contribution in [1.82, 2.24) is 19.6 Å². The first-order chi connectivity index (χ1) is 16.1. The molecule has 13 nitrogen and oxygen atoms in total. The van der Waals surface area contributed by atoms with Gasteiger partial charge in [-0.1, -0.05) is 18.2 Å². The fourth-order valence-electron chi connectivity index (χ4n) is 3.09. The summed E-state index contributed by atoms with van der Waals surface area (Å²) in [7, 11) is -4.13. The maximum Gasteiger partial charge on any atom is 0.459 e. The van der Waals surface area contributed by atoms with E-state index in [4.69, 9.17) is 24.3 Å². The third kappa shape index (κ3) is 6.84. The van der Waals surface area contributed by atoms with Gasteiger partial charge in [-0.2, -0.15) is 10.1 Å². The van der Waals surface area contributed by atoms with Crippen LogP contribution in [0.1, 0.15) is 33.4 Å². The van der Waals surface area contributed by atoms with Gasteiger partial charge in [0.1, 0.15) is 30.5 Å². The summed E-state index contributed by atoms with van der Waals surface area (Å²) in [4.78, 5) is 31.5. The Morgan fingerprint density at radius 2 is 2.06 bits per heavy atom. The number of nitrogens with two attached hydrogens (primary N) is 1. The molecule has 0 spiro atoms. The lowest BCUT2D eigenvalue weighted by atomic mass is 10.2. The van der Waals surface area contributed by atoms with Crippen LogP contribution >= 0.6 is 7.75 Å². The minimum absolute atomic E-state index is 0.0373. The number of ether oxygens (including phenoxy) is 2. The summed E-state index contributed by atoms with van der Waals surface area (Å²) >= 11 is 0. The zero-order chi connectivity index (χ0) is 24.9. The predicted octanol–water partition coefficient (Wildman–Crippen LogP) is 1.00. The number of para-hydroxylation sites is 1. The summed E-state index contributed by atoms with van der Waals surface area (Å²) in [5.41, 5.74) is 4.71. The van der Waals surface area contributed by atoms with E-state index in [0.717, 1.165) is 10.9 Å². The number of nitrogens with zero attached hydrogens (tertiary/aromatic N) is 3. The van der Waals surface area contributed by atoms with E-state index in [2.05, 4.69) is 15.1 Å². The Labute approximate surface area is 195 Å². The van der Waals surface area contributed by atoms with E-state index in [1.807, 2.05) is 0 Å². The van der Waals surface area contributed by atoms with E-state index in [0.29, 0.717) is 0 Å². The molecule has 0 aliphatic carbocycles. The largest absolute Gasteiger partial charge is 0.462 e. The number of carbonyl (C=O) groups is 1. The van der Waals surface area contributed by atoms with Crippen molar-refractivity contribution in [2.75, 3.05) is 12.3 Å². The molecule has 0 amide bonds. The lowest BCUT2D eigenvalue weighted by molar-refractivity contribution is -0.149. The van der Waals surface area contributed by atoms with Gasteiger partial charge in [0.05, 0.1) is 18.8 Å². The molecular weight excluding hydrogens is 469 g/mol. The summed E-state index contributed by atoms with van der Waals surface area (Å²) in [6.45, 7) is 4.46. The molecule has 0 bridgehead atoms. The lowest BCUT2D eigenvalue weighted by Crippen LogP contribution is -2.37. The van der Waals surface area contributed by atoms with Crippen LogP contribution in [0.25, 0.3) is 0 Å². The Kier molecular flexibility index (Phi) is 8.39. The third-order valence-corrected chi connectivity index (χ3v) is 6.34. The number of nitrogens with one attached hydrogen (secondary N) is 1. The van der Waals surface area contributed by atoms with Crippen molar-refractivity contribution in [3.05, 3.63) is 47.1 Å². The van der Waals surface area contributed by atoms with Crippen molar-refractivity contribution >= 4 is 19.7 Å². The number of nitrogen functional groups attached to an aromatic ring is 1. The topological polar surface area (TPSA) is 177 Å². The van der Waals surface area contributed by atoms with E-state index < -0.39 is 43.9 Å². The molecule has 1 saturated heterocycles. The molecule has 1 aromatic carbocycles. The number of hydrogen-bond acceptors (Lipinski definition) is 11. The van der Waals surface area contributed by atoms with Gasteiger partial charge in [0.2, 0.25) is 5.95 Å². The van der Waals surface area contributed by atoms with Crippen molar-refractivity contribution < 1.29 is 33.0 Å². The lowest BCUT2D eigenvalue weighted by Gasteiger charge is -2.25. The highest BCUT2D eigenvalue weighted by atomic mass is 31.2.